The average molecular weight is 292 g/mol. The van der Waals surface area contributed by atoms with Crippen molar-refractivity contribution in [1.29, 1.82) is 0 Å². The molecular weight excluding hydrogens is 268 g/mol. The largest absolute Gasteiger partial charge is 0.495 e. The molecule has 0 amide bonds. The van der Waals surface area contributed by atoms with E-state index in [0.717, 1.165) is 11.4 Å². The molecule has 0 saturated heterocycles. The fraction of sp³-hybridized carbons (Fsp3) is 0.562. The molecule has 1 aromatic rings. The Morgan fingerprint density at radius 1 is 1.30 bits per heavy atom. The van der Waals surface area contributed by atoms with Crippen molar-refractivity contribution in [2.75, 3.05) is 12.4 Å². The minimum absolute atomic E-state index is 0.486. The Morgan fingerprint density at radius 3 is 2.75 bits per heavy atom. The number of thiocarbonyl (C=S) groups is 1. The Bertz CT molecular complexity index is 476. The van der Waals surface area contributed by atoms with Crippen LogP contribution in [0.1, 0.15) is 38.2 Å². The molecule has 1 aliphatic rings. The predicted octanol–water partition coefficient (Wildman–Crippen LogP) is 3.87. The summed E-state index contributed by atoms with van der Waals surface area (Å²) in [5, 5.41) is 7.41. The van der Waals surface area contributed by atoms with Crippen molar-refractivity contribution in [3.63, 3.8) is 0 Å². The first-order valence-corrected chi connectivity index (χ1v) is 7.73. The summed E-state index contributed by atoms with van der Waals surface area (Å²) in [6, 6.07) is 6.53. The second-order valence-corrected chi connectivity index (χ2v) is 6.08. The van der Waals surface area contributed by atoms with Gasteiger partial charge in [-0.3, -0.25) is 0 Å². The first kappa shape index (κ1) is 15.1. The van der Waals surface area contributed by atoms with Crippen LogP contribution in [-0.4, -0.2) is 18.3 Å². The van der Waals surface area contributed by atoms with Crippen LogP contribution in [0, 0.1) is 12.8 Å². The highest BCUT2D eigenvalue weighted by Gasteiger charge is 2.21. The number of hydrogen-bond donors (Lipinski definition) is 2. The van der Waals surface area contributed by atoms with Crippen molar-refractivity contribution < 1.29 is 4.74 Å². The Hall–Kier alpha value is -1.29. The molecule has 1 aromatic carbocycles. The van der Waals surface area contributed by atoms with Gasteiger partial charge >= 0.3 is 0 Å². The van der Waals surface area contributed by atoms with Crippen LogP contribution in [0.15, 0.2) is 18.2 Å². The summed E-state index contributed by atoms with van der Waals surface area (Å²) in [5.41, 5.74) is 2.11. The molecule has 20 heavy (non-hydrogen) atoms. The van der Waals surface area contributed by atoms with Crippen LogP contribution in [0.2, 0.25) is 0 Å². The normalized spacial score (nSPS) is 22.1. The SMILES string of the molecule is COc1ccc(C)cc1NC(=S)N[C@H]1CCCC[C@@H]1C. The summed E-state index contributed by atoms with van der Waals surface area (Å²) in [4.78, 5) is 0. The molecule has 4 heteroatoms. The zero-order valence-corrected chi connectivity index (χ0v) is 13.3. The first-order valence-electron chi connectivity index (χ1n) is 7.32. The van der Waals surface area contributed by atoms with Crippen LogP contribution in [-0.2, 0) is 0 Å². The molecule has 0 aliphatic heterocycles. The molecule has 2 atom stereocenters. The highest BCUT2D eigenvalue weighted by molar-refractivity contribution is 7.80. The summed E-state index contributed by atoms with van der Waals surface area (Å²) in [6.45, 7) is 4.36. The van der Waals surface area contributed by atoms with Crippen LogP contribution in [0.25, 0.3) is 0 Å². The molecule has 0 spiro atoms. The molecule has 1 saturated carbocycles. The maximum absolute atomic E-state index is 5.44. The van der Waals surface area contributed by atoms with Crippen molar-refractivity contribution in [2.45, 2.75) is 45.6 Å². The minimum Gasteiger partial charge on any atom is -0.495 e. The van der Waals surface area contributed by atoms with Crippen LogP contribution in [0.4, 0.5) is 5.69 Å². The van der Waals surface area contributed by atoms with Crippen molar-refractivity contribution in [3.8, 4) is 5.75 Å². The second kappa shape index (κ2) is 6.93. The second-order valence-electron chi connectivity index (χ2n) is 5.67. The van der Waals surface area contributed by atoms with Crippen molar-refractivity contribution in [1.82, 2.24) is 5.32 Å². The molecule has 2 N–H and O–H groups in total. The number of ether oxygens (including phenoxy) is 1. The maximum Gasteiger partial charge on any atom is 0.171 e. The molecule has 1 fully saturated rings. The van der Waals surface area contributed by atoms with Gasteiger partial charge in [0.1, 0.15) is 5.75 Å². The summed E-state index contributed by atoms with van der Waals surface area (Å²) in [7, 11) is 1.68. The quantitative estimate of drug-likeness (QED) is 0.829. The fourth-order valence-electron chi connectivity index (χ4n) is 2.78. The predicted molar refractivity (Wildman–Crippen MR) is 88.5 cm³/mol. The van der Waals surface area contributed by atoms with Gasteiger partial charge in [0.25, 0.3) is 0 Å². The Morgan fingerprint density at radius 2 is 2.05 bits per heavy atom. The number of hydrogen-bond acceptors (Lipinski definition) is 2. The molecule has 2 rings (SSSR count). The summed E-state index contributed by atoms with van der Waals surface area (Å²) in [6.07, 6.45) is 5.12. The lowest BCUT2D eigenvalue weighted by molar-refractivity contribution is 0.309. The number of anilines is 1. The molecule has 1 aliphatic carbocycles. The van der Waals surface area contributed by atoms with Gasteiger partial charge in [-0.25, -0.2) is 0 Å². The molecule has 0 bridgehead atoms. The lowest BCUT2D eigenvalue weighted by Crippen LogP contribution is -2.43. The molecule has 0 heterocycles. The van der Waals surface area contributed by atoms with E-state index < -0.39 is 0 Å². The molecule has 3 nitrogen and oxygen atoms in total. The zero-order chi connectivity index (χ0) is 14.5. The third kappa shape index (κ3) is 3.85. The third-order valence-electron chi connectivity index (χ3n) is 4.03. The number of aryl methyl sites for hydroxylation is 1. The molecular formula is C16H24N2OS. The van der Waals surface area contributed by atoms with Gasteiger partial charge in [0, 0.05) is 6.04 Å². The van der Waals surface area contributed by atoms with E-state index in [1.165, 1.54) is 31.2 Å². The van der Waals surface area contributed by atoms with Gasteiger partial charge in [-0.1, -0.05) is 25.8 Å². The Kier molecular flexibility index (Phi) is 5.24. The number of rotatable bonds is 3. The first-order chi connectivity index (χ1) is 9.60. The number of nitrogens with one attached hydrogen (secondary N) is 2. The van der Waals surface area contributed by atoms with E-state index in [1.54, 1.807) is 7.11 Å². The molecule has 0 radical (unpaired) electrons. The monoisotopic (exact) mass is 292 g/mol. The van der Waals surface area contributed by atoms with Crippen LogP contribution >= 0.6 is 12.2 Å². The van der Waals surface area contributed by atoms with Crippen molar-refractivity contribution in [3.05, 3.63) is 23.8 Å². The standard InChI is InChI=1S/C16H24N2OS/c1-11-8-9-15(19-3)14(10-11)18-16(20)17-13-7-5-4-6-12(13)2/h8-10,12-13H,4-7H2,1-3H3,(H2,17,18,20)/t12-,13-/m0/s1. The van der Waals surface area contributed by atoms with Crippen LogP contribution in [0.5, 0.6) is 5.75 Å². The summed E-state index contributed by atoms with van der Waals surface area (Å²) >= 11 is 5.44. The van der Waals surface area contributed by atoms with Gasteiger partial charge < -0.3 is 15.4 Å². The topological polar surface area (TPSA) is 33.3 Å². The average Bonchev–Trinajstić information content (AvgIpc) is 2.41. The smallest absolute Gasteiger partial charge is 0.171 e. The van der Waals surface area contributed by atoms with E-state index in [4.69, 9.17) is 17.0 Å². The highest BCUT2D eigenvalue weighted by Crippen LogP contribution is 2.26. The number of benzene rings is 1. The van der Waals surface area contributed by atoms with E-state index in [1.807, 2.05) is 12.1 Å². The zero-order valence-electron chi connectivity index (χ0n) is 12.5. The Labute approximate surface area is 127 Å². The van der Waals surface area contributed by atoms with E-state index in [-0.39, 0.29) is 0 Å². The van der Waals surface area contributed by atoms with Gasteiger partial charge in [0.05, 0.1) is 12.8 Å². The van der Waals surface area contributed by atoms with E-state index >= 15 is 0 Å². The summed E-state index contributed by atoms with van der Waals surface area (Å²) < 4.78 is 5.36. The fourth-order valence-corrected chi connectivity index (χ4v) is 3.04. The van der Waals surface area contributed by atoms with Gasteiger partial charge in [-0.2, -0.15) is 0 Å². The van der Waals surface area contributed by atoms with Crippen molar-refractivity contribution >= 4 is 23.0 Å². The maximum atomic E-state index is 5.44. The van der Waals surface area contributed by atoms with Crippen molar-refractivity contribution in [2.24, 2.45) is 5.92 Å². The Balaban J connectivity index is 1.99. The lowest BCUT2D eigenvalue weighted by atomic mass is 9.86. The van der Waals surface area contributed by atoms with Crippen LogP contribution in [0.3, 0.4) is 0 Å². The minimum atomic E-state index is 0.486. The van der Waals surface area contributed by atoms with Gasteiger partial charge in [0.2, 0.25) is 0 Å². The van der Waals surface area contributed by atoms with E-state index in [2.05, 4.69) is 30.5 Å². The molecule has 110 valence electrons. The number of methoxy groups -OCH3 is 1. The van der Waals surface area contributed by atoms with Crippen LogP contribution < -0.4 is 15.4 Å². The van der Waals surface area contributed by atoms with Gasteiger partial charge in [0.15, 0.2) is 5.11 Å². The molecule has 0 aromatic heterocycles. The van der Waals surface area contributed by atoms with E-state index in [9.17, 15) is 0 Å². The van der Waals surface area contributed by atoms with Gasteiger partial charge in [-0.05, 0) is 55.6 Å². The molecule has 0 unspecified atom stereocenters. The van der Waals surface area contributed by atoms with Gasteiger partial charge in [-0.15, -0.1) is 0 Å². The lowest BCUT2D eigenvalue weighted by Gasteiger charge is -2.30. The van der Waals surface area contributed by atoms with E-state index in [0.29, 0.717) is 17.1 Å². The highest BCUT2D eigenvalue weighted by atomic mass is 32.1. The third-order valence-corrected chi connectivity index (χ3v) is 4.25. The summed E-state index contributed by atoms with van der Waals surface area (Å²) in [5.74, 6) is 1.50.